The predicted molar refractivity (Wildman–Crippen MR) is 36.8 cm³/mol. The minimum absolute atomic E-state index is 0.0524. The van der Waals surface area contributed by atoms with E-state index in [-0.39, 0.29) is 12.5 Å². The van der Waals surface area contributed by atoms with Crippen LogP contribution in [0.4, 0.5) is 0 Å². The lowest BCUT2D eigenvalue weighted by Gasteiger charge is -2.18. The highest BCUT2D eigenvalue weighted by atomic mass is 17.2. The molecule has 2 atom stereocenters. The number of hydrogen-bond acceptors (Lipinski definition) is 3. The number of carboxylic acids is 1. The second-order valence-electron chi connectivity index (χ2n) is 2.42. The van der Waals surface area contributed by atoms with E-state index >= 15 is 0 Å². The molecular formula is C7H10O4. The molecule has 1 heterocycles. The molecule has 1 N–H and O–H groups in total. The van der Waals surface area contributed by atoms with Gasteiger partial charge in [0.05, 0.1) is 6.42 Å². The van der Waals surface area contributed by atoms with Gasteiger partial charge >= 0.3 is 5.97 Å². The SMILES string of the molecule is C[C@@H]1C=C[C@H](CC(=O)O)OO1. The van der Waals surface area contributed by atoms with E-state index in [0.717, 1.165) is 0 Å². The van der Waals surface area contributed by atoms with E-state index in [2.05, 4.69) is 0 Å². The van der Waals surface area contributed by atoms with Crippen LogP contribution < -0.4 is 0 Å². The number of carboxylic acid groups (broad SMARTS) is 1. The van der Waals surface area contributed by atoms with Crippen molar-refractivity contribution in [2.45, 2.75) is 25.6 Å². The van der Waals surface area contributed by atoms with Crippen LogP contribution in [0.5, 0.6) is 0 Å². The molecule has 4 nitrogen and oxygen atoms in total. The van der Waals surface area contributed by atoms with Gasteiger partial charge in [0.1, 0.15) is 12.2 Å². The van der Waals surface area contributed by atoms with Gasteiger partial charge in [-0.05, 0) is 6.92 Å². The lowest BCUT2D eigenvalue weighted by atomic mass is 10.2. The maximum atomic E-state index is 10.2. The zero-order chi connectivity index (χ0) is 8.27. The summed E-state index contributed by atoms with van der Waals surface area (Å²) in [6, 6.07) is 0. The minimum Gasteiger partial charge on any atom is -0.481 e. The van der Waals surface area contributed by atoms with Gasteiger partial charge in [-0.1, -0.05) is 12.2 Å². The molecule has 0 aromatic heterocycles. The highest BCUT2D eigenvalue weighted by Gasteiger charge is 2.16. The standard InChI is InChI=1S/C7H10O4/c1-5-2-3-6(11-10-5)4-7(8)9/h2-3,5-6H,4H2,1H3,(H,8,9)/t5-,6-/m1/s1. The molecule has 0 bridgehead atoms. The summed E-state index contributed by atoms with van der Waals surface area (Å²) in [5.41, 5.74) is 0. The van der Waals surface area contributed by atoms with E-state index in [0.29, 0.717) is 0 Å². The van der Waals surface area contributed by atoms with E-state index in [1.165, 1.54) is 0 Å². The molecule has 11 heavy (non-hydrogen) atoms. The first kappa shape index (κ1) is 8.23. The minimum atomic E-state index is -0.891. The summed E-state index contributed by atoms with van der Waals surface area (Å²) in [4.78, 5) is 19.7. The van der Waals surface area contributed by atoms with Gasteiger partial charge in [0, 0.05) is 0 Å². The van der Waals surface area contributed by atoms with Crippen molar-refractivity contribution in [1.29, 1.82) is 0 Å². The average molecular weight is 158 g/mol. The predicted octanol–water partition coefficient (Wildman–Crippen LogP) is 0.736. The summed E-state index contributed by atoms with van der Waals surface area (Å²) in [5.74, 6) is -0.891. The van der Waals surface area contributed by atoms with E-state index in [9.17, 15) is 4.79 Å². The van der Waals surface area contributed by atoms with Crippen molar-refractivity contribution in [3.05, 3.63) is 12.2 Å². The van der Waals surface area contributed by atoms with Crippen LogP contribution in [0, 0.1) is 0 Å². The van der Waals surface area contributed by atoms with Crippen molar-refractivity contribution in [3.8, 4) is 0 Å². The Kier molecular flexibility index (Phi) is 2.62. The molecule has 4 heteroatoms. The zero-order valence-corrected chi connectivity index (χ0v) is 6.19. The smallest absolute Gasteiger partial charge is 0.306 e. The van der Waals surface area contributed by atoms with Gasteiger partial charge in [-0.25, -0.2) is 9.78 Å². The summed E-state index contributed by atoms with van der Waals surface area (Å²) in [6.07, 6.45) is 2.89. The third kappa shape index (κ3) is 2.69. The Morgan fingerprint density at radius 3 is 2.73 bits per heavy atom. The number of hydrogen-bond donors (Lipinski definition) is 1. The number of aliphatic carboxylic acids is 1. The molecular weight excluding hydrogens is 148 g/mol. The van der Waals surface area contributed by atoms with Gasteiger partial charge in [-0.2, -0.15) is 0 Å². The molecule has 0 fully saturated rings. The molecule has 0 amide bonds. The lowest BCUT2D eigenvalue weighted by Crippen LogP contribution is -2.22. The third-order valence-electron chi connectivity index (χ3n) is 1.30. The summed E-state index contributed by atoms with van der Waals surface area (Å²) < 4.78 is 0. The average Bonchev–Trinajstić information content (AvgIpc) is 1.93. The van der Waals surface area contributed by atoms with Gasteiger partial charge in [0.25, 0.3) is 0 Å². The van der Waals surface area contributed by atoms with Crippen LogP contribution in [0.2, 0.25) is 0 Å². The van der Waals surface area contributed by atoms with Gasteiger partial charge in [-0.3, -0.25) is 4.79 Å². The molecule has 1 rings (SSSR count). The van der Waals surface area contributed by atoms with Crippen molar-refractivity contribution >= 4 is 5.97 Å². The van der Waals surface area contributed by atoms with E-state index in [1.807, 2.05) is 6.92 Å². The zero-order valence-electron chi connectivity index (χ0n) is 6.19. The second kappa shape index (κ2) is 3.50. The van der Waals surface area contributed by atoms with Crippen molar-refractivity contribution < 1.29 is 19.7 Å². The van der Waals surface area contributed by atoms with Crippen LogP contribution in [-0.2, 0) is 14.6 Å². The lowest BCUT2D eigenvalue weighted by molar-refractivity contribution is -0.336. The quantitative estimate of drug-likeness (QED) is 0.475. The first-order chi connectivity index (χ1) is 5.18. The molecule has 0 unspecified atom stereocenters. The topological polar surface area (TPSA) is 55.8 Å². The summed E-state index contributed by atoms with van der Waals surface area (Å²) in [7, 11) is 0. The Bertz CT molecular complexity index is 175. The molecule has 1 aliphatic rings. The summed E-state index contributed by atoms with van der Waals surface area (Å²) in [6.45, 7) is 1.81. The van der Waals surface area contributed by atoms with Gasteiger partial charge in [-0.15, -0.1) is 0 Å². The van der Waals surface area contributed by atoms with Gasteiger partial charge in [0.2, 0.25) is 0 Å². The Hall–Kier alpha value is -0.870. The summed E-state index contributed by atoms with van der Waals surface area (Å²) in [5, 5.41) is 8.36. The summed E-state index contributed by atoms with van der Waals surface area (Å²) >= 11 is 0. The molecule has 0 aromatic carbocycles. The first-order valence-electron chi connectivity index (χ1n) is 3.40. The second-order valence-corrected chi connectivity index (χ2v) is 2.42. The Morgan fingerprint density at radius 2 is 2.27 bits per heavy atom. The fraction of sp³-hybridized carbons (Fsp3) is 0.571. The van der Waals surface area contributed by atoms with Crippen molar-refractivity contribution in [2.24, 2.45) is 0 Å². The van der Waals surface area contributed by atoms with Crippen LogP contribution >= 0.6 is 0 Å². The Morgan fingerprint density at radius 1 is 1.55 bits per heavy atom. The molecule has 0 spiro atoms. The fourth-order valence-corrected chi connectivity index (χ4v) is 0.778. The van der Waals surface area contributed by atoms with Crippen LogP contribution in [0.25, 0.3) is 0 Å². The van der Waals surface area contributed by atoms with Crippen LogP contribution in [0.1, 0.15) is 13.3 Å². The highest BCUT2D eigenvalue weighted by molar-refractivity contribution is 5.67. The first-order valence-corrected chi connectivity index (χ1v) is 3.40. The van der Waals surface area contributed by atoms with E-state index < -0.39 is 12.1 Å². The van der Waals surface area contributed by atoms with E-state index in [1.54, 1.807) is 12.2 Å². The van der Waals surface area contributed by atoms with Crippen molar-refractivity contribution in [1.82, 2.24) is 0 Å². The normalized spacial score (nSPS) is 30.3. The number of rotatable bonds is 2. The Balaban J connectivity index is 2.38. The largest absolute Gasteiger partial charge is 0.481 e. The van der Waals surface area contributed by atoms with Gasteiger partial charge < -0.3 is 5.11 Å². The van der Waals surface area contributed by atoms with Crippen LogP contribution in [0.15, 0.2) is 12.2 Å². The van der Waals surface area contributed by atoms with E-state index in [4.69, 9.17) is 14.9 Å². The maximum Gasteiger partial charge on any atom is 0.306 e. The molecule has 0 saturated carbocycles. The fourth-order valence-electron chi connectivity index (χ4n) is 0.778. The van der Waals surface area contributed by atoms with Crippen LogP contribution in [0.3, 0.4) is 0 Å². The molecule has 1 aliphatic heterocycles. The molecule has 0 aromatic rings. The highest BCUT2D eigenvalue weighted by Crippen LogP contribution is 2.10. The maximum absolute atomic E-state index is 10.2. The van der Waals surface area contributed by atoms with Crippen molar-refractivity contribution in [3.63, 3.8) is 0 Å². The Labute approximate surface area is 64.3 Å². The monoisotopic (exact) mass is 158 g/mol. The molecule has 0 saturated heterocycles. The third-order valence-corrected chi connectivity index (χ3v) is 1.30. The molecule has 0 aliphatic carbocycles. The van der Waals surface area contributed by atoms with Crippen molar-refractivity contribution in [2.75, 3.05) is 0 Å². The molecule has 0 radical (unpaired) electrons. The number of carbonyl (C=O) groups is 1. The molecule has 62 valence electrons. The van der Waals surface area contributed by atoms with Gasteiger partial charge in [0.15, 0.2) is 0 Å². The van der Waals surface area contributed by atoms with Crippen LogP contribution in [-0.4, -0.2) is 23.3 Å².